The van der Waals surface area contributed by atoms with E-state index < -0.39 is 10.0 Å². The van der Waals surface area contributed by atoms with Crippen molar-refractivity contribution in [1.82, 2.24) is 9.62 Å². The minimum atomic E-state index is -3.92. The highest BCUT2D eigenvalue weighted by atomic mass is 35.5. The Hall–Kier alpha value is -1.31. The Morgan fingerprint density at radius 2 is 2.05 bits per heavy atom. The topological polar surface area (TPSA) is 92.5 Å². The number of carbonyl (C=O) groups excluding carboxylic acids is 1. The van der Waals surface area contributed by atoms with Gasteiger partial charge in [-0.3, -0.25) is 4.79 Å². The van der Waals surface area contributed by atoms with Crippen molar-refractivity contribution >= 4 is 33.2 Å². The van der Waals surface area contributed by atoms with E-state index in [0.29, 0.717) is 6.54 Å². The Labute approximate surface area is 130 Å². The minimum Gasteiger partial charge on any atom is -0.398 e. The molecule has 6 nitrogen and oxygen atoms in total. The number of carbonyl (C=O) groups is 1. The van der Waals surface area contributed by atoms with E-state index in [9.17, 15) is 13.2 Å². The third-order valence-electron chi connectivity index (χ3n) is 2.74. The van der Waals surface area contributed by atoms with Gasteiger partial charge in [-0.1, -0.05) is 31.5 Å². The molecule has 0 radical (unpaired) electrons. The highest BCUT2D eigenvalue weighted by Gasteiger charge is 2.27. The maximum Gasteiger partial charge on any atom is 0.246 e. The molecule has 0 aliphatic rings. The van der Waals surface area contributed by atoms with E-state index in [-0.39, 0.29) is 34.0 Å². The summed E-state index contributed by atoms with van der Waals surface area (Å²) < 4.78 is 25.8. The molecule has 0 atom stereocenters. The maximum absolute atomic E-state index is 12.4. The second-order valence-corrected chi connectivity index (χ2v) is 7.51. The first-order chi connectivity index (χ1) is 9.66. The van der Waals surface area contributed by atoms with Crippen LogP contribution in [0.3, 0.4) is 0 Å². The van der Waals surface area contributed by atoms with Gasteiger partial charge in [-0.05, 0) is 18.1 Å². The molecule has 0 aromatic heterocycles. The van der Waals surface area contributed by atoms with Crippen LogP contribution in [-0.2, 0) is 14.8 Å². The van der Waals surface area contributed by atoms with Crippen molar-refractivity contribution in [3.63, 3.8) is 0 Å². The van der Waals surface area contributed by atoms with Gasteiger partial charge in [0.05, 0.1) is 17.3 Å². The van der Waals surface area contributed by atoms with Crippen LogP contribution in [0.25, 0.3) is 0 Å². The third-order valence-corrected chi connectivity index (χ3v) is 5.09. The Bertz CT molecular complexity index is 597. The molecule has 0 unspecified atom stereocenters. The zero-order chi connectivity index (χ0) is 16.2. The van der Waals surface area contributed by atoms with E-state index in [0.717, 1.165) is 4.31 Å². The number of rotatable bonds is 6. The van der Waals surface area contributed by atoms with Gasteiger partial charge < -0.3 is 11.1 Å². The zero-order valence-electron chi connectivity index (χ0n) is 12.3. The predicted octanol–water partition coefficient (Wildman–Crippen LogP) is 1.31. The number of benzene rings is 1. The lowest BCUT2D eigenvalue weighted by Gasteiger charge is -2.19. The standard InChI is InChI=1S/C13H20ClN3O3S/c1-9(2)7-16-12(18)8-17(3)21(19,20)13-10(14)5-4-6-11(13)15/h4-6,9H,7-8,15H2,1-3H3,(H,16,18). The summed E-state index contributed by atoms with van der Waals surface area (Å²) in [7, 11) is -2.61. The summed E-state index contributed by atoms with van der Waals surface area (Å²) in [6, 6.07) is 4.45. The van der Waals surface area contributed by atoms with Crippen molar-refractivity contribution in [3.05, 3.63) is 23.2 Å². The predicted molar refractivity (Wildman–Crippen MR) is 83.5 cm³/mol. The molecule has 1 aromatic carbocycles. The Kier molecular flexibility index (Phi) is 6.00. The van der Waals surface area contributed by atoms with Crippen LogP contribution in [0.15, 0.2) is 23.1 Å². The molecule has 1 rings (SSSR count). The normalized spacial score (nSPS) is 11.9. The average molecular weight is 334 g/mol. The van der Waals surface area contributed by atoms with Crippen LogP contribution >= 0.6 is 11.6 Å². The van der Waals surface area contributed by atoms with Crippen LogP contribution in [-0.4, -0.2) is 38.8 Å². The molecule has 21 heavy (non-hydrogen) atoms. The quantitative estimate of drug-likeness (QED) is 0.768. The molecule has 0 aliphatic carbocycles. The van der Waals surface area contributed by atoms with E-state index in [2.05, 4.69) is 5.32 Å². The summed E-state index contributed by atoms with van der Waals surface area (Å²) in [6.07, 6.45) is 0. The van der Waals surface area contributed by atoms with E-state index >= 15 is 0 Å². The monoisotopic (exact) mass is 333 g/mol. The SMILES string of the molecule is CC(C)CNC(=O)CN(C)S(=O)(=O)c1c(N)cccc1Cl. The fraction of sp³-hybridized carbons (Fsp3) is 0.462. The van der Waals surface area contributed by atoms with E-state index in [1.165, 1.54) is 19.2 Å². The number of sulfonamides is 1. The Morgan fingerprint density at radius 3 is 2.57 bits per heavy atom. The summed E-state index contributed by atoms with van der Waals surface area (Å²) in [4.78, 5) is 11.5. The zero-order valence-corrected chi connectivity index (χ0v) is 13.8. The second-order valence-electron chi connectivity index (χ2n) is 5.12. The van der Waals surface area contributed by atoms with Gasteiger partial charge >= 0.3 is 0 Å². The summed E-state index contributed by atoms with van der Waals surface area (Å²) in [5.74, 6) is -0.0875. The van der Waals surface area contributed by atoms with Crippen molar-refractivity contribution in [2.45, 2.75) is 18.7 Å². The first kappa shape index (κ1) is 17.7. The summed E-state index contributed by atoms with van der Waals surface area (Å²) in [6.45, 7) is 4.09. The fourth-order valence-electron chi connectivity index (χ4n) is 1.61. The number of nitrogens with one attached hydrogen (secondary N) is 1. The fourth-order valence-corrected chi connectivity index (χ4v) is 3.37. The summed E-state index contributed by atoms with van der Waals surface area (Å²) in [5, 5.41) is 2.69. The van der Waals surface area contributed by atoms with Crippen LogP contribution in [0.5, 0.6) is 0 Å². The van der Waals surface area contributed by atoms with Gasteiger partial charge in [-0.2, -0.15) is 4.31 Å². The molecule has 0 heterocycles. The Balaban J connectivity index is 2.90. The molecule has 8 heteroatoms. The van der Waals surface area contributed by atoms with Gasteiger partial charge in [-0.25, -0.2) is 8.42 Å². The van der Waals surface area contributed by atoms with Gasteiger partial charge in [0.1, 0.15) is 4.90 Å². The van der Waals surface area contributed by atoms with Gasteiger partial charge in [0, 0.05) is 13.6 Å². The average Bonchev–Trinajstić information content (AvgIpc) is 2.35. The molecule has 0 saturated carbocycles. The summed E-state index contributed by atoms with van der Waals surface area (Å²) in [5.41, 5.74) is 5.74. The highest BCUT2D eigenvalue weighted by Crippen LogP contribution is 2.29. The van der Waals surface area contributed by atoms with Crippen molar-refractivity contribution in [1.29, 1.82) is 0 Å². The lowest BCUT2D eigenvalue weighted by atomic mass is 10.2. The number of nitrogens with two attached hydrogens (primary N) is 1. The van der Waals surface area contributed by atoms with Crippen LogP contribution in [0, 0.1) is 5.92 Å². The molecule has 3 N–H and O–H groups in total. The molecule has 1 amide bonds. The van der Waals surface area contributed by atoms with E-state index in [1.807, 2.05) is 13.8 Å². The third kappa shape index (κ3) is 4.59. The number of anilines is 1. The van der Waals surface area contributed by atoms with Gasteiger partial charge in [0.2, 0.25) is 15.9 Å². The van der Waals surface area contributed by atoms with Crippen molar-refractivity contribution in [3.8, 4) is 0 Å². The molecule has 0 aliphatic heterocycles. The second kappa shape index (κ2) is 7.11. The number of amides is 1. The number of halogens is 1. The molecule has 0 bridgehead atoms. The van der Waals surface area contributed by atoms with Crippen molar-refractivity contribution < 1.29 is 13.2 Å². The molecule has 118 valence electrons. The largest absolute Gasteiger partial charge is 0.398 e. The summed E-state index contributed by atoms with van der Waals surface area (Å²) >= 11 is 5.91. The Morgan fingerprint density at radius 1 is 1.43 bits per heavy atom. The van der Waals surface area contributed by atoms with Gasteiger partial charge in [0.15, 0.2) is 0 Å². The maximum atomic E-state index is 12.4. The van der Waals surface area contributed by atoms with Crippen molar-refractivity contribution in [2.24, 2.45) is 5.92 Å². The van der Waals surface area contributed by atoms with Gasteiger partial charge in [0.25, 0.3) is 0 Å². The first-order valence-electron chi connectivity index (χ1n) is 6.43. The number of nitrogen functional groups attached to an aromatic ring is 1. The minimum absolute atomic E-state index is 0.0319. The molecule has 0 saturated heterocycles. The van der Waals surface area contributed by atoms with E-state index in [1.54, 1.807) is 6.07 Å². The molecular formula is C13H20ClN3O3S. The molecule has 0 spiro atoms. The van der Waals surface area contributed by atoms with E-state index in [4.69, 9.17) is 17.3 Å². The highest BCUT2D eigenvalue weighted by molar-refractivity contribution is 7.89. The number of nitrogens with zero attached hydrogens (tertiary/aromatic N) is 1. The van der Waals surface area contributed by atoms with Crippen molar-refractivity contribution in [2.75, 3.05) is 25.9 Å². The number of hydrogen-bond acceptors (Lipinski definition) is 4. The van der Waals surface area contributed by atoms with Crippen LogP contribution in [0.2, 0.25) is 5.02 Å². The van der Waals surface area contributed by atoms with Crippen LogP contribution in [0.4, 0.5) is 5.69 Å². The molecule has 0 fully saturated rings. The molecular weight excluding hydrogens is 314 g/mol. The van der Waals surface area contributed by atoms with Crippen LogP contribution in [0.1, 0.15) is 13.8 Å². The first-order valence-corrected chi connectivity index (χ1v) is 8.25. The number of likely N-dealkylation sites (N-methyl/N-ethyl adjacent to an activating group) is 1. The molecule has 1 aromatic rings. The lowest BCUT2D eigenvalue weighted by Crippen LogP contribution is -2.39. The van der Waals surface area contributed by atoms with Gasteiger partial charge in [-0.15, -0.1) is 0 Å². The smallest absolute Gasteiger partial charge is 0.246 e. The lowest BCUT2D eigenvalue weighted by molar-refractivity contribution is -0.121. The van der Waals surface area contributed by atoms with Crippen LogP contribution < -0.4 is 11.1 Å². The number of hydrogen-bond donors (Lipinski definition) is 2.